The van der Waals surface area contributed by atoms with Gasteiger partial charge >= 0.3 is 51.3 Å². The van der Waals surface area contributed by atoms with Gasteiger partial charge in [0.1, 0.15) is 0 Å². The molecule has 0 saturated heterocycles. The maximum atomic E-state index is 2.24. The normalized spacial score (nSPS) is 11.7. The zero-order chi connectivity index (χ0) is 5.21. The van der Waals surface area contributed by atoms with E-state index in [1.54, 1.807) is 0 Å². The third-order valence-corrected chi connectivity index (χ3v) is 1.44. The van der Waals surface area contributed by atoms with Crippen LogP contribution in [0.5, 0.6) is 0 Å². The standard InChI is InChI=1S/C5H11.Ti/c1-4-5(2)3;/h4H2,1-3H3;. The van der Waals surface area contributed by atoms with Crippen LogP contribution >= 0.6 is 0 Å². The first-order chi connectivity index (χ1) is 2.56. The Labute approximate surface area is 51.7 Å². The Hall–Kier alpha value is 0.714. The summed E-state index contributed by atoms with van der Waals surface area (Å²) in [6.07, 6.45) is 1.27. The fourth-order valence-corrected chi connectivity index (χ4v) is 0. The van der Waals surface area contributed by atoms with Gasteiger partial charge in [0.15, 0.2) is 0 Å². The molecule has 0 rings (SSSR count). The van der Waals surface area contributed by atoms with Gasteiger partial charge in [-0.3, -0.25) is 0 Å². The van der Waals surface area contributed by atoms with Gasteiger partial charge in [0.05, 0.1) is 0 Å². The van der Waals surface area contributed by atoms with Gasteiger partial charge in [-0.15, -0.1) is 0 Å². The molecule has 0 fully saturated rings. The summed E-state index contributed by atoms with van der Waals surface area (Å²) in [5.74, 6) is 0. The fourth-order valence-electron chi connectivity index (χ4n) is 0. The van der Waals surface area contributed by atoms with Gasteiger partial charge in [-0.05, 0) is 0 Å². The molecule has 0 heterocycles. The molecule has 35 valence electrons. The zero-order valence-corrected chi connectivity index (χ0v) is 6.27. The monoisotopic (exact) mass is 119 g/mol. The van der Waals surface area contributed by atoms with Gasteiger partial charge in [-0.1, -0.05) is 0 Å². The molecule has 0 amide bonds. The summed E-state index contributed by atoms with van der Waals surface area (Å²) in [5, 5.41) is 0. The third kappa shape index (κ3) is 4.71. The van der Waals surface area contributed by atoms with Crippen molar-refractivity contribution in [2.45, 2.75) is 30.9 Å². The molecule has 0 N–H and O–H groups in total. The molecule has 1 heteroatoms. The number of hydrogen-bond donors (Lipinski definition) is 0. The predicted octanol–water partition coefficient (Wildman–Crippen LogP) is 2.14. The van der Waals surface area contributed by atoms with Crippen molar-refractivity contribution < 1.29 is 20.4 Å². The molecule has 0 aliphatic carbocycles. The van der Waals surface area contributed by atoms with E-state index in [1.807, 2.05) is 0 Å². The quantitative estimate of drug-likeness (QED) is 0.464. The Bertz CT molecular complexity index is 33.7. The first-order valence-electron chi connectivity index (χ1n) is 2.31. The minimum absolute atomic E-state index is 0.542. The van der Waals surface area contributed by atoms with Crippen LogP contribution in [-0.4, -0.2) is 0 Å². The van der Waals surface area contributed by atoms with Crippen LogP contribution < -0.4 is 0 Å². The van der Waals surface area contributed by atoms with Gasteiger partial charge in [-0.2, -0.15) is 0 Å². The molecule has 0 aliphatic heterocycles. The second-order valence-corrected chi connectivity index (χ2v) is 4.35. The summed E-state index contributed by atoms with van der Waals surface area (Å²) in [6.45, 7) is 6.69. The molecule has 0 nitrogen and oxygen atoms in total. The second-order valence-electron chi connectivity index (χ2n) is 2.24. The average molecular weight is 119 g/mol. The minimum atomic E-state index is 0.542. The van der Waals surface area contributed by atoms with Gasteiger partial charge in [0, 0.05) is 0 Å². The van der Waals surface area contributed by atoms with Crippen LogP contribution in [-0.2, 0) is 20.4 Å². The molecule has 0 aromatic rings. The van der Waals surface area contributed by atoms with Crippen molar-refractivity contribution in [3.05, 3.63) is 0 Å². The molecule has 0 unspecified atom stereocenters. The van der Waals surface area contributed by atoms with Crippen LogP contribution in [0.25, 0.3) is 0 Å². The fraction of sp³-hybridized carbons (Fsp3) is 1.00. The molecule has 0 aromatic carbocycles. The van der Waals surface area contributed by atoms with Gasteiger partial charge < -0.3 is 0 Å². The Morgan fingerprint density at radius 1 is 1.50 bits per heavy atom. The predicted molar refractivity (Wildman–Crippen MR) is 24.3 cm³/mol. The molecule has 6 heavy (non-hydrogen) atoms. The Kier molecular flexibility index (Phi) is 2.39. The summed E-state index contributed by atoms with van der Waals surface area (Å²) >= 11 is 2.24. The zero-order valence-electron chi connectivity index (χ0n) is 4.71. The summed E-state index contributed by atoms with van der Waals surface area (Å²) in [6, 6.07) is 0. The molecule has 0 atom stereocenters. The van der Waals surface area contributed by atoms with Gasteiger partial charge in [0.2, 0.25) is 0 Å². The van der Waals surface area contributed by atoms with Crippen LogP contribution in [0.2, 0.25) is 3.72 Å². The summed E-state index contributed by atoms with van der Waals surface area (Å²) in [4.78, 5) is 0. The summed E-state index contributed by atoms with van der Waals surface area (Å²) in [7, 11) is 0. The van der Waals surface area contributed by atoms with Crippen molar-refractivity contribution in [2.75, 3.05) is 0 Å². The van der Waals surface area contributed by atoms with Crippen molar-refractivity contribution in [3.63, 3.8) is 0 Å². The van der Waals surface area contributed by atoms with E-state index < -0.39 is 0 Å². The second kappa shape index (κ2) is 2.13. The summed E-state index contributed by atoms with van der Waals surface area (Å²) < 4.78 is 0.542. The first kappa shape index (κ1) is 6.71. The number of rotatable bonds is 1. The molecule has 0 aliphatic rings. The molecular weight excluding hydrogens is 108 g/mol. The molecule has 0 saturated carbocycles. The van der Waals surface area contributed by atoms with E-state index in [4.69, 9.17) is 0 Å². The topological polar surface area (TPSA) is 0 Å². The van der Waals surface area contributed by atoms with Crippen molar-refractivity contribution in [3.8, 4) is 0 Å². The third-order valence-electron chi connectivity index (χ3n) is 0.884. The Morgan fingerprint density at radius 3 is 1.67 bits per heavy atom. The van der Waals surface area contributed by atoms with Crippen molar-refractivity contribution in [1.29, 1.82) is 0 Å². The van der Waals surface area contributed by atoms with Crippen LogP contribution in [0.3, 0.4) is 0 Å². The van der Waals surface area contributed by atoms with Crippen molar-refractivity contribution in [1.82, 2.24) is 0 Å². The SMILES string of the molecule is CC[C](C)(C)[Ti]. The van der Waals surface area contributed by atoms with Crippen LogP contribution in [0.15, 0.2) is 0 Å². The van der Waals surface area contributed by atoms with E-state index in [0.717, 1.165) is 0 Å². The van der Waals surface area contributed by atoms with Crippen LogP contribution in [0.4, 0.5) is 0 Å². The van der Waals surface area contributed by atoms with Gasteiger partial charge in [0.25, 0.3) is 0 Å². The van der Waals surface area contributed by atoms with E-state index in [-0.39, 0.29) is 0 Å². The first-order valence-corrected chi connectivity index (χ1v) is 3.09. The van der Waals surface area contributed by atoms with E-state index in [9.17, 15) is 0 Å². The van der Waals surface area contributed by atoms with E-state index in [1.165, 1.54) is 6.42 Å². The van der Waals surface area contributed by atoms with Crippen LogP contribution in [0, 0.1) is 0 Å². The van der Waals surface area contributed by atoms with E-state index >= 15 is 0 Å². The Balaban J connectivity index is 3.17. The van der Waals surface area contributed by atoms with Crippen molar-refractivity contribution >= 4 is 0 Å². The van der Waals surface area contributed by atoms with E-state index in [2.05, 4.69) is 41.2 Å². The van der Waals surface area contributed by atoms with Gasteiger partial charge in [-0.25, -0.2) is 0 Å². The van der Waals surface area contributed by atoms with Crippen LogP contribution in [0.1, 0.15) is 27.2 Å². The van der Waals surface area contributed by atoms with Crippen molar-refractivity contribution in [2.24, 2.45) is 0 Å². The Morgan fingerprint density at radius 2 is 1.67 bits per heavy atom. The number of hydrogen-bond acceptors (Lipinski definition) is 0. The maximum absolute atomic E-state index is 2.24. The molecule has 0 bridgehead atoms. The van der Waals surface area contributed by atoms with E-state index in [0.29, 0.717) is 3.72 Å². The summed E-state index contributed by atoms with van der Waals surface area (Å²) in [5.41, 5.74) is 0. The average Bonchev–Trinajstić information content (AvgIpc) is 1.35. The molecular formula is C5H11Ti. The molecule has 0 radical (unpaired) electrons. The molecule has 0 spiro atoms. The molecule has 0 aromatic heterocycles.